The predicted octanol–water partition coefficient (Wildman–Crippen LogP) is 3.81. The number of benzene rings is 2. The van der Waals surface area contributed by atoms with E-state index in [9.17, 15) is 0 Å². The first-order valence-corrected chi connectivity index (χ1v) is 6.14. The van der Waals surface area contributed by atoms with Crippen LogP contribution in [0.2, 0.25) is 0 Å². The maximum Gasteiger partial charge on any atom is 0.104 e. The second kappa shape index (κ2) is 4.97. The summed E-state index contributed by atoms with van der Waals surface area (Å²) < 4.78 is 0. The lowest BCUT2D eigenvalue weighted by molar-refractivity contribution is 1.20. The van der Waals surface area contributed by atoms with E-state index in [0.29, 0.717) is 17.1 Å². The lowest BCUT2D eigenvalue weighted by Gasteiger charge is -2.07. The Morgan fingerprint density at radius 2 is 1.70 bits per heavy atom. The SMILES string of the molecule is Nc1cccc2c(/N=N/c3cccnc3)ccc(N)c12. The van der Waals surface area contributed by atoms with E-state index in [4.69, 9.17) is 11.5 Å². The van der Waals surface area contributed by atoms with Crippen LogP contribution in [0.3, 0.4) is 0 Å². The summed E-state index contributed by atoms with van der Waals surface area (Å²) in [7, 11) is 0. The molecule has 0 fully saturated rings. The van der Waals surface area contributed by atoms with Gasteiger partial charge in [-0.05, 0) is 30.3 Å². The van der Waals surface area contributed by atoms with Gasteiger partial charge in [-0.25, -0.2) is 0 Å². The summed E-state index contributed by atoms with van der Waals surface area (Å²) in [5.74, 6) is 0. The fourth-order valence-electron chi connectivity index (χ4n) is 2.06. The van der Waals surface area contributed by atoms with Gasteiger partial charge in [-0.3, -0.25) is 4.98 Å². The van der Waals surface area contributed by atoms with Crippen LogP contribution in [0.1, 0.15) is 0 Å². The van der Waals surface area contributed by atoms with Crippen LogP contribution in [0.5, 0.6) is 0 Å². The van der Waals surface area contributed by atoms with E-state index < -0.39 is 0 Å². The van der Waals surface area contributed by atoms with Crippen molar-refractivity contribution in [2.45, 2.75) is 0 Å². The summed E-state index contributed by atoms with van der Waals surface area (Å²) >= 11 is 0. The van der Waals surface area contributed by atoms with Crippen LogP contribution < -0.4 is 11.5 Å². The van der Waals surface area contributed by atoms with Crippen molar-refractivity contribution in [2.75, 3.05) is 11.5 Å². The van der Waals surface area contributed by atoms with Crippen molar-refractivity contribution in [3.8, 4) is 0 Å². The highest BCUT2D eigenvalue weighted by Crippen LogP contribution is 2.34. The number of fused-ring (bicyclic) bond motifs is 1. The second-order valence-electron chi connectivity index (χ2n) is 4.35. The third-order valence-corrected chi connectivity index (χ3v) is 3.00. The Balaban J connectivity index is 2.11. The van der Waals surface area contributed by atoms with Crippen molar-refractivity contribution in [3.05, 3.63) is 54.9 Å². The molecule has 4 N–H and O–H groups in total. The number of hydrogen-bond donors (Lipinski definition) is 2. The molecule has 0 radical (unpaired) electrons. The minimum absolute atomic E-state index is 0.637. The zero-order chi connectivity index (χ0) is 13.9. The Hall–Kier alpha value is -2.95. The van der Waals surface area contributed by atoms with Crippen molar-refractivity contribution in [1.82, 2.24) is 4.98 Å². The van der Waals surface area contributed by atoms with Crippen LogP contribution in [0.25, 0.3) is 10.8 Å². The summed E-state index contributed by atoms with van der Waals surface area (Å²) in [6, 6.07) is 12.9. The lowest BCUT2D eigenvalue weighted by atomic mass is 10.1. The molecule has 0 aliphatic heterocycles. The average molecular weight is 263 g/mol. The third-order valence-electron chi connectivity index (χ3n) is 3.00. The quantitative estimate of drug-likeness (QED) is 0.544. The van der Waals surface area contributed by atoms with Crippen molar-refractivity contribution in [3.63, 3.8) is 0 Å². The van der Waals surface area contributed by atoms with E-state index >= 15 is 0 Å². The van der Waals surface area contributed by atoms with Crippen molar-refractivity contribution >= 4 is 33.5 Å². The Bertz CT molecular complexity index is 773. The molecule has 0 saturated carbocycles. The highest BCUT2D eigenvalue weighted by atomic mass is 15.1. The third kappa shape index (κ3) is 2.16. The van der Waals surface area contributed by atoms with Crippen LogP contribution in [0.15, 0.2) is 65.1 Å². The number of nitrogen functional groups attached to an aromatic ring is 2. The molecule has 98 valence electrons. The van der Waals surface area contributed by atoms with Crippen molar-refractivity contribution < 1.29 is 0 Å². The number of pyridine rings is 1. The van der Waals surface area contributed by atoms with Gasteiger partial charge in [-0.15, -0.1) is 10.2 Å². The van der Waals surface area contributed by atoms with E-state index in [2.05, 4.69) is 15.2 Å². The molecule has 1 heterocycles. The van der Waals surface area contributed by atoms with Crippen molar-refractivity contribution in [2.24, 2.45) is 10.2 Å². The van der Waals surface area contributed by atoms with Crippen LogP contribution in [0, 0.1) is 0 Å². The highest BCUT2D eigenvalue weighted by Gasteiger charge is 2.06. The van der Waals surface area contributed by atoms with Gasteiger partial charge < -0.3 is 11.5 Å². The topological polar surface area (TPSA) is 89.6 Å². The maximum atomic E-state index is 5.97. The van der Waals surface area contributed by atoms with Gasteiger partial charge in [0.05, 0.1) is 11.9 Å². The lowest BCUT2D eigenvalue weighted by Crippen LogP contribution is -1.92. The number of anilines is 2. The van der Waals surface area contributed by atoms with Gasteiger partial charge in [0.2, 0.25) is 0 Å². The average Bonchev–Trinajstić information content (AvgIpc) is 2.48. The Morgan fingerprint density at radius 1 is 0.850 bits per heavy atom. The monoisotopic (exact) mass is 263 g/mol. The summed E-state index contributed by atoms with van der Waals surface area (Å²) in [6.45, 7) is 0. The van der Waals surface area contributed by atoms with Crippen LogP contribution in [-0.2, 0) is 0 Å². The second-order valence-corrected chi connectivity index (χ2v) is 4.35. The molecule has 0 saturated heterocycles. The molecule has 1 aromatic heterocycles. The summed E-state index contributed by atoms with van der Waals surface area (Å²) in [5.41, 5.74) is 14.6. The Morgan fingerprint density at radius 3 is 2.50 bits per heavy atom. The normalized spacial score (nSPS) is 11.2. The maximum absolute atomic E-state index is 5.97. The molecular formula is C15H13N5. The van der Waals surface area contributed by atoms with Gasteiger partial charge in [0.1, 0.15) is 5.69 Å². The summed E-state index contributed by atoms with van der Waals surface area (Å²) in [4.78, 5) is 3.99. The first-order chi connectivity index (χ1) is 9.75. The number of nitrogens with two attached hydrogens (primary N) is 2. The zero-order valence-electron chi connectivity index (χ0n) is 10.7. The van der Waals surface area contributed by atoms with E-state index in [1.807, 2.05) is 36.4 Å². The Labute approximate surface area is 116 Å². The molecule has 0 spiro atoms. The van der Waals surface area contributed by atoms with Gasteiger partial charge in [0.15, 0.2) is 0 Å². The number of nitrogens with zero attached hydrogens (tertiary/aromatic N) is 3. The fourth-order valence-corrected chi connectivity index (χ4v) is 2.06. The number of rotatable bonds is 2. The highest BCUT2D eigenvalue weighted by molar-refractivity contribution is 6.06. The van der Waals surface area contributed by atoms with Gasteiger partial charge in [0, 0.05) is 28.3 Å². The van der Waals surface area contributed by atoms with Crippen LogP contribution in [0.4, 0.5) is 22.7 Å². The Kier molecular flexibility index (Phi) is 3.01. The van der Waals surface area contributed by atoms with E-state index in [-0.39, 0.29) is 0 Å². The molecule has 0 amide bonds. The molecule has 0 unspecified atom stereocenters. The smallest absolute Gasteiger partial charge is 0.104 e. The summed E-state index contributed by atoms with van der Waals surface area (Å²) in [6.07, 6.45) is 3.34. The molecule has 0 aliphatic carbocycles. The number of hydrogen-bond acceptors (Lipinski definition) is 5. The van der Waals surface area contributed by atoms with Gasteiger partial charge in [0.25, 0.3) is 0 Å². The molecule has 3 rings (SSSR count). The molecular weight excluding hydrogens is 250 g/mol. The molecule has 0 bridgehead atoms. The van der Waals surface area contributed by atoms with Crippen molar-refractivity contribution in [1.29, 1.82) is 0 Å². The molecule has 0 atom stereocenters. The first-order valence-electron chi connectivity index (χ1n) is 6.14. The van der Waals surface area contributed by atoms with Gasteiger partial charge >= 0.3 is 0 Å². The molecule has 3 aromatic rings. The molecule has 2 aromatic carbocycles. The summed E-state index contributed by atoms with van der Waals surface area (Å²) in [5, 5.41) is 10.1. The van der Waals surface area contributed by atoms with Gasteiger partial charge in [-0.1, -0.05) is 12.1 Å². The van der Waals surface area contributed by atoms with Crippen LogP contribution in [-0.4, -0.2) is 4.98 Å². The van der Waals surface area contributed by atoms with Gasteiger partial charge in [-0.2, -0.15) is 0 Å². The predicted molar refractivity (Wildman–Crippen MR) is 81.2 cm³/mol. The number of azo groups is 1. The fraction of sp³-hybridized carbons (Fsp3) is 0. The zero-order valence-corrected chi connectivity index (χ0v) is 10.7. The standard InChI is InChI=1S/C15H13N5/c16-12-5-1-4-11-14(7-6-13(17)15(11)12)20-19-10-3-2-8-18-9-10/h1-9H,16-17H2/b20-19+. The van der Waals surface area contributed by atoms with Crippen LogP contribution >= 0.6 is 0 Å². The van der Waals surface area contributed by atoms with E-state index in [0.717, 1.165) is 16.5 Å². The largest absolute Gasteiger partial charge is 0.398 e. The molecule has 5 heteroatoms. The first kappa shape index (κ1) is 12.1. The molecule has 5 nitrogen and oxygen atoms in total. The number of aromatic nitrogens is 1. The molecule has 20 heavy (non-hydrogen) atoms. The minimum atomic E-state index is 0.637. The molecule has 0 aliphatic rings. The van der Waals surface area contributed by atoms with E-state index in [1.54, 1.807) is 18.5 Å². The minimum Gasteiger partial charge on any atom is -0.398 e. The van der Waals surface area contributed by atoms with E-state index in [1.165, 1.54) is 0 Å².